The number of hydrogen-bond donors (Lipinski definition) is 0. The van der Waals surface area contributed by atoms with Crippen LogP contribution >= 0.6 is 0 Å². The van der Waals surface area contributed by atoms with E-state index in [2.05, 4.69) is 62.9 Å². The van der Waals surface area contributed by atoms with Crippen molar-refractivity contribution in [2.45, 2.75) is 40.2 Å². The molecule has 0 fully saturated rings. The van der Waals surface area contributed by atoms with Crippen molar-refractivity contribution >= 4 is 10.9 Å². The molecule has 1 aromatic carbocycles. The highest BCUT2D eigenvalue weighted by Gasteiger charge is 2.05. The van der Waals surface area contributed by atoms with Gasteiger partial charge in [0, 0.05) is 17.6 Å². The van der Waals surface area contributed by atoms with Crippen LogP contribution in [0.25, 0.3) is 10.9 Å². The molecule has 0 unspecified atom stereocenters. The fraction of sp³-hybridized carbons (Fsp3) is 0.471. The smallest absolute Gasteiger partial charge is 0.0705 e. The van der Waals surface area contributed by atoms with Gasteiger partial charge in [-0.05, 0) is 42.8 Å². The minimum atomic E-state index is 0.486. The fourth-order valence-electron chi connectivity index (χ4n) is 2.32. The minimum Gasteiger partial charge on any atom is -0.300 e. The maximum Gasteiger partial charge on any atom is 0.0705 e. The number of hydrogen-bond acceptors (Lipinski definition) is 2. The van der Waals surface area contributed by atoms with E-state index in [0.717, 1.165) is 25.2 Å². The van der Waals surface area contributed by atoms with E-state index in [-0.39, 0.29) is 0 Å². The predicted molar refractivity (Wildman–Crippen MR) is 82.5 cm³/mol. The first kappa shape index (κ1) is 14.0. The molecule has 0 bridgehead atoms. The van der Waals surface area contributed by atoms with Gasteiger partial charge in [-0.2, -0.15) is 0 Å². The molecular weight excluding hydrogens is 232 g/mol. The Hall–Kier alpha value is -1.41. The summed E-state index contributed by atoms with van der Waals surface area (Å²) >= 11 is 0. The van der Waals surface area contributed by atoms with Crippen molar-refractivity contribution in [3.63, 3.8) is 0 Å². The van der Waals surface area contributed by atoms with Gasteiger partial charge in [-0.15, -0.1) is 0 Å². The summed E-state index contributed by atoms with van der Waals surface area (Å²) in [7, 11) is 0. The molecule has 2 rings (SSSR count). The number of nitrogens with zero attached hydrogens (tertiary/aromatic N) is 2. The molecule has 0 radical (unpaired) electrons. The number of fused-ring (bicyclic) bond motifs is 1. The molecule has 0 aliphatic heterocycles. The summed E-state index contributed by atoms with van der Waals surface area (Å²) in [4.78, 5) is 7.15. The normalized spacial score (nSPS) is 11.7. The maximum absolute atomic E-state index is 4.72. The van der Waals surface area contributed by atoms with E-state index in [9.17, 15) is 0 Å². The predicted octanol–water partition coefficient (Wildman–Crippen LogP) is 4.20. The van der Waals surface area contributed by atoms with Crippen LogP contribution in [0.3, 0.4) is 0 Å². The summed E-state index contributed by atoms with van der Waals surface area (Å²) in [5, 5.41) is 1.24. The van der Waals surface area contributed by atoms with Crippen molar-refractivity contribution in [1.29, 1.82) is 0 Å². The fourth-order valence-corrected chi connectivity index (χ4v) is 2.32. The lowest BCUT2D eigenvalue weighted by Crippen LogP contribution is -2.22. The average Bonchev–Trinajstić information content (AvgIpc) is 2.43. The molecule has 0 aliphatic rings. The zero-order valence-corrected chi connectivity index (χ0v) is 12.5. The molecule has 1 aromatic heterocycles. The molecule has 2 heteroatoms. The number of benzene rings is 1. The van der Waals surface area contributed by atoms with Gasteiger partial charge in [0.05, 0.1) is 5.52 Å². The molecule has 0 amide bonds. The molecule has 0 N–H and O–H groups in total. The van der Waals surface area contributed by atoms with Gasteiger partial charge < -0.3 is 0 Å². The molecule has 19 heavy (non-hydrogen) atoms. The van der Waals surface area contributed by atoms with Gasteiger partial charge >= 0.3 is 0 Å². The largest absolute Gasteiger partial charge is 0.300 e. The summed E-state index contributed by atoms with van der Waals surface area (Å²) < 4.78 is 0. The number of aromatic nitrogens is 1. The molecule has 0 aliphatic carbocycles. The van der Waals surface area contributed by atoms with E-state index in [4.69, 9.17) is 4.98 Å². The van der Waals surface area contributed by atoms with E-state index < -0.39 is 0 Å². The molecule has 2 nitrogen and oxygen atoms in total. The Kier molecular flexibility index (Phi) is 4.54. The van der Waals surface area contributed by atoms with Gasteiger partial charge in [-0.25, -0.2) is 0 Å². The molecule has 2 aromatic rings. The van der Waals surface area contributed by atoms with Gasteiger partial charge in [0.25, 0.3) is 0 Å². The van der Waals surface area contributed by atoms with Crippen LogP contribution in [0.1, 0.15) is 44.9 Å². The second-order valence-electron chi connectivity index (χ2n) is 5.38. The SMILES string of the molecule is CCN(CC)Cc1ccc2nc(C(C)C)ccc2c1. The lowest BCUT2D eigenvalue weighted by atomic mass is 10.1. The third-order valence-corrected chi connectivity index (χ3v) is 3.67. The van der Waals surface area contributed by atoms with Gasteiger partial charge in [0.1, 0.15) is 0 Å². The van der Waals surface area contributed by atoms with Crippen LogP contribution in [0.15, 0.2) is 30.3 Å². The standard InChI is InChI=1S/C17H24N2/c1-5-19(6-2)12-14-7-9-17-15(11-14)8-10-16(18-17)13(3)4/h7-11,13H,5-6,12H2,1-4H3. The van der Waals surface area contributed by atoms with E-state index in [1.165, 1.54) is 16.6 Å². The van der Waals surface area contributed by atoms with Gasteiger partial charge in [0.2, 0.25) is 0 Å². The maximum atomic E-state index is 4.72. The second-order valence-corrected chi connectivity index (χ2v) is 5.38. The first-order valence-electron chi connectivity index (χ1n) is 7.26. The van der Waals surface area contributed by atoms with Crippen molar-refractivity contribution in [2.75, 3.05) is 13.1 Å². The first-order chi connectivity index (χ1) is 9.13. The van der Waals surface area contributed by atoms with Gasteiger partial charge in [-0.3, -0.25) is 9.88 Å². The highest BCUT2D eigenvalue weighted by atomic mass is 15.1. The summed E-state index contributed by atoms with van der Waals surface area (Å²) in [5.74, 6) is 0.486. The molecule has 1 heterocycles. The highest BCUT2D eigenvalue weighted by Crippen LogP contribution is 2.19. The summed E-state index contributed by atoms with van der Waals surface area (Å²) in [5.41, 5.74) is 3.65. The Balaban J connectivity index is 2.28. The molecule has 0 saturated carbocycles. The van der Waals surface area contributed by atoms with Crippen LogP contribution in [0.5, 0.6) is 0 Å². The monoisotopic (exact) mass is 256 g/mol. The number of rotatable bonds is 5. The Morgan fingerprint density at radius 2 is 1.79 bits per heavy atom. The summed E-state index contributed by atoms with van der Waals surface area (Å²) in [6.07, 6.45) is 0. The summed E-state index contributed by atoms with van der Waals surface area (Å²) in [6, 6.07) is 11.0. The van der Waals surface area contributed by atoms with Crippen molar-refractivity contribution in [1.82, 2.24) is 9.88 Å². The molecule has 0 saturated heterocycles. The molecule has 0 spiro atoms. The van der Waals surface area contributed by atoms with Gasteiger partial charge in [-0.1, -0.05) is 39.8 Å². The average molecular weight is 256 g/mol. The van der Waals surface area contributed by atoms with Crippen molar-refractivity contribution in [3.05, 3.63) is 41.6 Å². The van der Waals surface area contributed by atoms with E-state index in [1.54, 1.807) is 0 Å². The van der Waals surface area contributed by atoms with E-state index in [1.807, 2.05) is 0 Å². The van der Waals surface area contributed by atoms with Crippen LogP contribution in [-0.4, -0.2) is 23.0 Å². The van der Waals surface area contributed by atoms with Crippen molar-refractivity contribution < 1.29 is 0 Å². The Morgan fingerprint density at radius 1 is 1.05 bits per heavy atom. The van der Waals surface area contributed by atoms with Crippen LogP contribution in [0, 0.1) is 0 Å². The Morgan fingerprint density at radius 3 is 2.42 bits per heavy atom. The van der Waals surface area contributed by atoms with Crippen LogP contribution in [0.4, 0.5) is 0 Å². The first-order valence-corrected chi connectivity index (χ1v) is 7.26. The van der Waals surface area contributed by atoms with Crippen molar-refractivity contribution in [2.24, 2.45) is 0 Å². The summed E-state index contributed by atoms with van der Waals surface area (Å²) in [6.45, 7) is 12.0. The van der Waals surface area contributed by atoms with Crippen LogP contribution in [0.2, 0.25) is 0 Å². The Labute approximate surface area is 116 Å². The number of pyridine rings is 1. The highest BCUT2D eigenvalue weighted by molar-refractivity contribution is 5.79. The topological polar surface area (TPSA) is 16.1 Å². The quantitative estimate of drug-likeness (QED) is 0.797. The van der Waals surface area contributed by atoms with Crippen LogP contribution < -0.4 is 0 Å². The zero-order valence-electron chi connectivity index (χ0n) is 12.5. The van der Waals surface area contributed by atoms with E-state index in [0.29, 0.717) is 5.92 Å². The molecule has 102 valence electrons. The lowest BCUT2D eigenvalue weighted by molar-refractivity contribution is 0.296. The van der Waals surface area contributed by atoms with E-state index >= 15 is 0 Å². The third-order valence-electron chi connectivity index (χ3n) is 3.67. The molecule has 0 atom stereocenters. The van der Waals surface area contributed by atoms with Crippen molar-refractivity contribution in [3.8, 4) is 0 Å². The third kappa shape index (κ3) is 3.32. The molecular formula is C17H24N2. The van der Waals surface area contributed by atoms with Crippen LogP contribution in [-0.2, 0) is 6.54 Å². The van der Waals surface area contributed by atoms with Gasteiger partial charge in [0.15, 0.2) is 0 Å². The second kappa shape index (κ2) is 6.16. The Bertz CT molecular complexity index is 542. The zero-order chi connectivity index (χ0) is 13.8. The minimum absolute atomic E-state index is 0.486. The lowest BCUT2D eigenvalue weighted by Gasteiger charge is -2.18.